The fourth-order valence-electron chi connectivity index (χ4n) is 1.73. The van der Waals surface area contributed by atoms with Gasteiger partial charge in [-0.25, -0.2) is 4.79 Å². The lowest BCUT2D eigenvalue weighted by Gasteiger charge is -2.04. The summed E-state index contributed by atoms with van der Waals surface area (Å²) >= 11 is 0. The van der Waals surface area contributed by atoms with Crippen molar-refractivity contribution in [1.29, 1.82) is 0 Å². The minimum absolute atomic E-state index is 0.243. The second kappa shape index (κ2) is 7.31. The first-order valence-electron chi connectivity index (χ1n) is 6.75. The van der Waals surface area contributed by atoms with Crippen LogP contribution in [0.15, 0.2) is 16.5 Å². The maximum atomic E-state index is 11.2. The van der Waals surface area contributed by atoms with E-state index in [-0.39, 0.29) is 5.76 Å². The van der Waals surface area contributed by atoms with Crippen LogP contribution in [0.4, 0.5) is 0 Å². The van der Waals surface area contributed by atoms with Gasteiger partial charge in [0.1, 0.15) is 5.76 Å². The van der Waals surface area contributed by atoms with Gasteiger partial charge in [0.25, 0.3) is 0 Å². The first-order chi connectivity index (χ1) is 9.29. The van der Waals surface area contributed by atoms with Crippen LogP contribution in [0.1, 0.15) is 35.6 Å². The molecule has 0 spiro atoms. The Hall–Kier alpha value is -1.33. The predicted octanol–water partition coefficient (Wildman–Crippen LogP) is 1.97. The number of furan rings is 1. The summed E-state index contributed by atoms with van der Waals surface area (Å²) in [6, 6.07) is 3.41. The van der Waals surface area contributed by atoms with Crippen molar-refractivity contribution in [3.63, 3.8) is 0 Å². The number of hydrogen-bond acceptors (Lipinski definition) is 5. The Morgan fingerprint density at radius 2 is 2.32 bits per heavy atom. The normalized spacial score (nSPS) is 14.6. The van der Waals surface area contributed by atoms with E-state index in [1.165, 1.54) is 20.0 Å². The van der Waals surface area contributed by atoms with Gasteiger partial charge in [-0.05, 0) is 43.9 Å². The number of hydrogen-bond donors (Lipinski definition) is 1. The summed E-state index contributed by atoms with van der Waals surface area (Å²) in [4.78, 5) is 11.2. The number of rotatable bonds is 9. The molecule has 0 aromatic carbocycles. The molecule has 19 heavy (non-hydrogen) atoms. The molecule has 1 aromatic heterocycles. The van der Waals surface area contributed by atoms with Crippen molar-refractivity contribution in [1.82, 2.24) is 5.32 Å². The molecule has 1 saturated carbocycles. The van der Waals surface area contributed by atoms with Gasteiger partial charge in [-0.1, -0.05) is 0 Å². The van der Waals surface area contributed by atoms with Gasteiger partial charge in [0.15, 0.2) is 0 Å². The SMILES string of the molecule is COC(=O)c1ccc(CNCCCOCC2CC2)o1. The van der Waals surface area contributed by atoms with Crippen molar-refractivity contribution in [2.75, 3.05) is 26.9 Å². The third kappa shape index (κ3) is 5.04. The Balaban J connectivity index is 1.52. The molecule has 0 bridgehead atoms. The van der Waals surface area contributed by atoms with Crippen molar-refractivity contribution in [3.05, 3.63) is 23.7 Å². The van der Waals surface area contributed by atoms with E-state index in [0.717, 1.165) is 37.9 Å². The summed E-state index contributed by atoms with van der Waals surface area (Å²) < 4.78 is 15.4. The molecule has 0 aliphatic heterocycles. The molecule has 2 rings (SSSR count). The van der Waals surface area contributed by atoms with Crippen LogP contribution in [0.2, 0.25) is 0 Å². The molecule has 106 valence electrons. The van der Waals surface area contributed by atoms with Crippen LogP contribution in [-0.4, -0.2) is 32.8 Å². The molecule has 0 saturated heterocycles. The van der Waals surface area contributed by atoms with Crippen molar-refractivity contribution >= 4 is 5.97 Å². The zero-order chi connectivity index (χ0) is 13.5. The minimum atomic E-state index is -0.445. The molecule has 1 fully saturated rings. The standard InChI is InChI=1S/C14H21NO4/c1-17-14(16)13-6-5-12(19-13)9-15-7-2-8-18-10-11-3-4-11/h5-6,11,15H,2-4,7-10H2,1H3. The lowest BCUT2D eigenvalue weighted by Crippen LogP contribution is -2.16. The largest absolute Gasteiger partial charge is 0.463 e. The molecular weight excluding hydrogens is 246 g/mol. The number of esters is 1. The third-order valence-electron chi connectivity index (χ3n) is 3.04. The fraction of sp³-hybridized carbons (Fsp3) is 0.643. The van der Waals surface area contributed by atoms with Crippen LogP contribution in [-0.2, 0) is 16.0 Å². The summed E-state index contributed by atoms with van der Waals surface area (Å²) in [6.07, 6.45) is 3.65. The first kappa shape index (κ1) is 14.1. The smallest absolute Gasteiger partial charge is 0.373 e. The molecule has 0 unspecified atom stereocenters. The predicted molar refractivity (Wildman–Crippen MR) is 69.9 cm³/mol. The van der Waals surface area contributed by atoms with Gasteiger partial charge < -0.3 is 19.2 Å². The minimum Gasteiger partial charge on any atom is -0.463 e. The van der Waals surface area contributed by atoms with Crippen LogP contribution in [0.25, 0.3) is 0 Å². The lowest BCUT2D eigenvalue weighted by molar-refractivity contribution is 0.0563. The second-order valence-corrected chi connectivity index (χ2v) is 4.81. The molecular formula is C14H21NO4. The highest BCUT2D eigenvalue weighted by Crippen LogP contribution is 2.28. The highest BCUT2D eigenvalue weighted by Gasteiger charge is 2.20. The van der Waals surface area contributed by atoms with Crippen LogP contribution in [0, 0.1) is 5.92 Å². The van der Waals surface area contributed by atoms with E-state index in [0.29, 0.717) is 6.54 Å². The van der Waals surface area contributed by atoms with E-state index in [4.69, 9.17) is 9.15 Å². The van der Waals surface area contributed by atoms with E-state index in [2.05, 4.69) is 10.1 Å². The van der Waals surface area contributed by atoms with Gasteiger partial charge in [-0.15, -0.1) is 0 Å². The van der Waals surface area contributed by atoms with E-state index < -0.39 is 5.97 Å². The molecule has 1 N–H and O–H groups in total. The number of nitrogens with one attached hydrogen (secondary N) is 1. The average Bonchev–Trinajstić information content (AvgIpc) is 3.13. The fourth-order valence-corrected chi connectivity index (χ4v) is 1.73. The quantitative estimate of drug-likeness (QED) is 0.547. The highest BCUT2D eigenvalue weighted by molar-refractivity contribution is 5.86. The molecule has 5 nitrogen and oxygen atoms in total. The first-order valence-corrected chi connectivity index (χ1v) is 6.75. The van der Waals surface area contributed by atoms with Gasteiger partial charge in [0.05, 0.1) is 13.7 Å². The Morgan fingerprint density at radius 1 is 1.47 bits per heavy atom. The lowest BCUT2D eigenvalue weighted by atomic mass is 10.4. The monoisotopic (exact) mass is 267 g/mol. The maximum Gasteiger partial charge on any atom is 0.373 e. The van der Waals surface area contributed by atoms with E-state index in [9.17, 15) is 4.79 Å². The van der Waals surface area contributed by atoms with Crippen LogP contribution >= 0.6 is 0 Å². The zero-order valence-electron chi connectivity index (χ0n) is 11.3. The number of carbonyl (C=O) groups excluding carboxylic acids is 1. The molecule has 0 atom stereocenters. The Bertz CT molecular complexity index is 398. The van der Waals surface area contributed by atoms with Crippen molar-refractivity contribution in [3.8, 4) is 0 Å². The van der Waals surface area contributed by atoms with Gasteiger partial charge in [-0.2, -0.15) is 0 Å². The second-order valence-electron chi connectivity index (χ2n) is 4.81. The molecule has 1 aromatic rings. The Kier molecular flexibility index (Phi) is 5.42. The molecule has 1 aliphatic carbocycles. The van der Waals surface area contributed by atoms with Gasteiger partial charge in [0, 0.05) is 13.2 Å². The number of carbonyl (C=O) groups is 1. The molecule has 5 heteroatoms. The average molecular weight is 267 g/mol. The van der Waals surface area contributed by atoms with Gasteiger partial charge >= 0.3 is 5.97 Å². The number of ether oxygens (including phenoxy) is 2. The van der Waals surface area contributed by atoms with E-state index in [1.54, 1.807) is 12.1 Å². The summed E-state index contributed by atoms with van der Waals surface area (Å²) in [5, 5.41) is 3.25. The Morgan fingerprint density at radius 3 is 3.05 bits per heavy atom. The van der Waals surface area contributed by atoms with Crippen LogP contribution in [0.5, 0.6) is 0 Å². The van der Waals surface area contributed by atoms with Gasteiger partial charge in [-0.3, -0.25) is 0 Å². The zero-order valence-corrected chi connectivity index (χ0v) is 11.3. The number of methoxy groups -OCH3 is 1. The van der Waals surface area contributed by atoms with Gasteiger partial charge in [0.2, 0.25) is 5.76 Å². The van der Waals surface area contributed by atoms with E-state index in [1.807, 2.05) is 0 Å². The summed E-state index contributed by atoms with van der Waals surface area (Å²) in [6.45, 7) is 3.20. The summed E-state index contributed by atoms with van der Waals surface area (Å²) in [5.41, 5.74) is 0. The maximum absolute atomic E-state index is 11.2. The molecule has 0 radical (unpaired) electrons. The third-order valence-corrected chi connectivity index (χ3v) is 3.04. The van der Waals surface area contributed by atoms with Crippen LogP contribution in [0.3, 0.4) is 0 Å². The van der Waals surface area contributed by atoms with Crippen molar-refractivity contribution in [2.24, 2.45) is 5.92 Å². The topological polar surface area (TPSA) is 60.7 Å². The summed E-state index contributed by atoms with van der Waals surface area (Å²) in [5.74, 6) is 1.36. The molecule has 0 amide bonds. The van der Waals surface area contributed by atoms with E-state index >= 15 is 0 Å². The summed E-state index contributed by atoms with van der Waals surface area (Å²) in [7, 11) is 1.34. The highest BCUT2D eigenvalue weighted by atomic mass is 16.5. The molecule has 1 heterocycles. The van der Waals surface area contributed by atoms with Crippen molar-refractivity contribution in [2.45, 2.75) is 25.8 Å². The Labute approximate surface area is 113 Å². The van der Waals surface area contributed by atoms with Crippen molar-refractivity contribution < 1.29 is 18.7 Å². The molecule has 1 aliphatic rings. The van der Waals surface area contributed by atoms with Crippen LogP contribution < -0.4 is 5.32 Å².